The van der Waals surface area contributed by atoms with E-state index in [0.717, 1.165) is 17.6 Å². The molecular formula is C23H16O. The molecule has 4 aromatic carbocycles. The minimum absolute atomic E-state index is 0.911. The van der Waals surface area contributed by atoms with E-state index in [1.807, 2.05) is 12.1 Å². The summed E-state index contributed by atoms with van der Waals surface area (Å²) in [5.41, 5.74) is 4.55. The van der Waals surface area contributed by atoms with E-state index in [-0.39, 0.29) is 0 Å². The SMILES string of the molecule is c1ccc2c(Cc3ccc4c(c3)oc3ccccc34)cccc2c1. The van der Waals surface area contributed by atoms with Crippen LogP contribution in [0.1, 0.15) is 11.1 Å². The Morgan fingerprint density at radius 3 is 2.29 bits per heavy atom. The summed E-state index contributed by atoms with van der Waals surface area (Å²) in [5.74, 6) is 0. The molecule has 114 valence electrons. The van der Waals surface area contributed by atoms with Gasteiger partial charge >= 0.3 is 0 Å². The summed E-state index contributed by atoms with van der Waals surface area (Å²) >= 11 is 0. The molecule has 1 nitrogen and oxygen atoms in total. The first kappa shape index (κ1) is 13.4. The van der Waals surface area contributed by atoms with Gasteiger partial charge in [0.05, 0.1) is 0 Å². The maximum absolute atomic E-state index is 6.02. The largest absolute Gasteiger partial charge is 0.456 e. The monoisotopic (exact) mass is 308 g/mol. The fourth-order valence-electron chi connectivity index (χ4n) is 3.55. The highest BCUT2D eigenvalue weighted by Crippen LogP contribution is 2.30. The predicted molar refractivity (Wildman–Crippen MR) is 100 cm³/mol. The van der Waals surface area contributed by atoms with Crippen LogP contribution in [0.15, 0.2) is 89.3 Å². The van der Waals surface area contributed by atoms with Crippen molar-refractivity contribution in [1.29, 1.82) is 0 Å². The fraction of sp³-hybridized carbons (Fsp3) is 0.0435. The van der Waals surface area contributed by atoms with Gasteiger partial charge in [-0.3, -0.25) is 0 Å². The number of fused-ring (bicyclic) bond motifs is 4. The molecule has 0 atom stereocenters. The molecule has 0 aliphatic carbocycles. The van der Waals surface area contributed by atoms with Crippen LogP contribution in [0.25, 0.3) is 32.7 Å². The smallest absolute Gasteiger partial charge is 0.135 e. The number of benzene rings is 4. The number of hydrogen-bond acceptors (Lipinski definition) is 1. The summed E-state index contributed by atoms with van der Waals surface area (Å²) in [6.45, 7) is 0. The molecule has 0 saturated heterocycles. The average molecular weight is 308 g/mol. The number of rotatable bonds is 2. The third-order valence-corrected chi connectivity index (χ3v) is 4.72. The lowest BCUT2D eigenvalue weighted by atomic mass is 9.98. The lowest BCUT2D eigenvalue weighted by Gasteiger charge is -2.07. The Labute approximate surface area is 140 Å². The van der Waals surface area contributed by atoms with Crippen LogP contribution in [-0.4, -0.2) is 0 Å². The topological polar surface area (TPSA) is 13.1 Å². The summed E-state index contributed by atoms with van der Waals surface area (Å²) in [4.78, 5) is 0. The highest BCUT2D eigenvalue weighted by Gasteiger charge is 2.08. The van der Waals surface area contributed by atoms with Gasteiger partial charge in [0, 0.05) is 10.8 Å². The molecule has 0 spiro atoms. The minimum Gasteiger partial charge on any atom is -0.456 e. The molecule has 0 N–H and O–H groups in total. The molecule has 1 aromatic heterocycles. The second kappa shape index (κ2) is 5.24. The van der Waals surface area contributed by atoms with Gasteiger partial charge in [-0.25, -0.2) is 0 Å². The van der Waals surface area contributed by atoms with Gasteiger partial charge in [-0.1, -0.05) is 72.8 Å². The van der Waals surface area contributed by atoms with Crippen LogP contribution in [-0.2, 0) is 6.42 Å². The van der Waals surface area contributed by atoms with Crippen molar-refractivity contribution in [2.75, 3.05) is 0 Å². The molecule has 0 saturated carbocycles. The first-order valence-electron chi connectivity index (χ1n) is 8.25. The highest BCUT2D eigenvalue weighted by molar-refractivity contribution is 6.04. The van der Waals surface area contributed by atoms with Gasteiger partial charge in [0.15, 0.2) is 0 Å². The lowest BCUT2D eigenvalue weighted by Crippen LogP contribution is -1.89. The standard InChI is InChI=1S/C23H16O/c1-2-9-19-17(6-1)7-5-8-18(19)14-16-12-13-21-20-10-3-4-11-22(20)24-23(21)15-16/h1-13,15H,14H2. The minimum atomic E-state index is 0.911. The van der Waals surface area contributed by atoms with E-state index in [9.17, 15) is 0 Å². The van der Waals surface area contributed by atoms with Crippen LogP contribution in [0.3, 0.4) is 0 Å². The molecule has 0 amide bonds. The van der Waals surface area contributed by atoms with Crippen LogP contribution in [0, 0.1) is 0 Å². The first-order valence-corrected chi connectivity index (χ1v) is 8.25. The van der Waals surface area contributed by atoms with Crippen molar-refractivity contribution >= 4 is 32.7 Å². The molecule has 1 heteroatoms. The molecule has 0 unspecified atom stereocenters. The summed E-state index contributed by atoms with van der Waals surface area (Å²) in [7, 11) is 0. The molecule has 0 aliphatic heterocycles. The molecule has 0 fully saturated rings. The number of para-hydroxylation sites is 1. The molecular weight excluding hydrogens is 292 g/mol. The summed E-state index contributed by atoms with van der Waals surface area (Å²) in [6.07, 6.45) is 0.911. The van der Waals surface area contributed by atoms with Crippen molar-refractivity contribution in [3.8, 4) is 0 Å². The van der Waals surface area contributed by atoms with Crippen LogP contribution in [0.5, 0.6) is 0 Å². The van der Waals surface area contributed by atoms with E-state index < -0.39 is 0 Å². The van der Waals surface area contributed by atoms with Crippen LogP contribution in [0.4, 0.5) is 0 Å². The van der Waals surface area contributed by atoms with E-state index in [1.165, 1.54) is 32.7 Å². The first-order chi connectivity index (χ1) is 11.9. The van der Waals surface area contributed by atoms with Gasteiger partial charge in [-0.2, -0.15) is 0 Å². The van der Waals surface area contributed by atoms with Gasteiger partial charge < -0.3 is 4.42 Å². The Morgan fingerprint density at radius 2 is 1.33 bits per heavy atom. The van der Waals surface area contributed by atoms with E-state index in [1.54, 1.807) is 0 Å². The van der Waals surface area contributed by atoms with E-state index >= 15 is 0 Å². The van der Waals surface area contributed by atoms with Crippen molar-refractivity contribution in [3.63, 3.8) is 0 Å². The summed E-state index contributed by atoms with van der Waals surface area (Å²) in [5, 5.41) is 4.99. The van der Waals surface area contributed by atoms with E-state index in [4.69, 9.17) is 4.42 Å². The molecule has 1 heterocycles. The Kier molecular flexibility index (Phi) is 2.92. The van der Waals surface area contributed by atoms with Gasteiger partial charge in [0.1, 0.15) is 11.2 Å². The normalized spacial score (nSPS) is 11.5. The Morgan fingerprint density at radius 1 is 0.583 bits per heavy atom. The second-order valence-corrected chi connectivity index (χ2v) is 6.24. The predicted octanol–water partition coefficient (Wildman–Crippen LogP) is 6.33. The molecule has 5 aromatic rings. The van der Waals surface area contributed by atoms with Crippen molar-refractivity contribution in [3.05, 3.63) is 96.1 Å². The molecule has 0 bridgehead atoms. The average Bonchev–Trinajstić information content (AvgIpc) is 3.00. The van der Waals surface area contributed by atoms with Crippen molar-refractivity contribution in [1.82, 2.24) is 0 Å². The van der Waals surface area contributed by atoms with Gasteiger partial charge in [0.2, 0.25) is 0 Å². The molecule has 0 radical (unpaired) electrons. The quantitative estimate of drug-likeness (QED) is 0.371. The second-order valence-electron chi connectivity index (χ2n) is 6.24. The third kappa shape index (κ3) is 2.10. The number of hydrogen-bond donors (Lipinski definition) is 0. The molecule has 24 heavy (non-hydrogen) atoms. The van der Waals surface area contributed by atoms with Gasteiger partial charge in [0.25, 0.3) is 0 Å². The molecule has 0 aliphatic rings. The van der Waals surface area contributed by atoms with Crippen LogP contribution >= 0.6 is 0 Å². The Hall–Kier alpha value is -3.06. The fourth-order valence-corrected chi connectivity index (χ4v) is 3.55. The Balaban J connectivity index is 1.62. The van der Waals surface area contributed by atoms with Gasteiger partial charge in [-0.05, 0) is 40.5 Å². The summed E-state index contributed by atoms with van der Waals surface area (Å²) in [6, 6.07) is 29.9. The maximum Gasteiger partial charge on any atom is 0.135 e. The van der Waals surface area contributed by atoms with Crippen molar-refractivity contribution < 1.29 is 4.42 Å². The summed E-state index contributed by atoms with van der Waals surface area (Å²) < 4.78 is 6.02. The van der Waals surface area contributed by atoms with Crippen LogP contribution < -0.4 is 0 Å². The number of furan rings is 1. The van der Waals surface area contributed by atoms with Crippen LogP contribution in [0.2, 0.25) is 0 Å². The van der Waals surface area contributed by atoms with Gasteiger partial charge in [-0.15, -0.1) is 0 Å². The highest BCUT2D eigenvalue weighted by atomic mass is 16.3. The third-order valence-electron chi connectivity index (χ3n) is 4.72. The zero-order valence-corrected chi connectivity index (χ0v) is 13.2. The maximum atomic E-state index is 6.02. The lowest BCUT2D eigenvalue weighted by molar-refractivity contribution is 0.668. The Bertz CT molecular complexity index is 1180. The van der Waals surface area contributed by atoms with E-state index in [2.05, 4.69) is 72.8 Å². The van der Waals surface area contributed by atoms with Crippen molar-refractivity contribution in [2.24, 2.45) is 0 Å². The van der Waals surface area contributed by atoms with E-state index in [0.29, 0.717) is 0 Å². The zero-order chi connectivity index (χ0) is 15.9. The van der Waals surface area contributed by atoms with Crippen molar-refractivity contribution in [2.45, 2.75) is 6.42 Å². The zero-order valence-electron chi connectivity index (χ0n) is 13.2. The molecule has 5 rings (SSSR count).